The van der Waals surface area contributed by atoms with Gasteiger partial charge >= 0.3 is 0 Å². The molecule has 0 saturated heterocycles. The van der Waals surface area contributed by atoms with Gasteiger partial charge in [-0.25, -0.2) is 0 Å². The number of nitrogens with two attached hydrogens (primary N) is 1. The second-order valence-corrected chi connectivity index (χ2v) is 5.05. The Morgan fingerprint density at radius 2 is 1.89 bits per heavy atom. The summed E-state index contributed by atoms with van der Waals surface area (Å²) >= 11 is 0. The second kappa shape index (κ2) is 5.65. The molecule has 1 aromatic carbocycles. The molecule has 0 amide bonds. The first-order valence-corrected chi connectivity index (χ1v) is 5.77. The van der Waals surface area contributed by atoms with E-state index in [1.807, 2.05) is 50.2 Å². The molecule has 4 heteroatoms. The minimum Gasteiger partial charge on any atom is -0.396 e. The summed E-state index contributed by atoms with van der Waals surface area (Å²) in [5, 5.41) is 10.4. The predicted octanol–water partition coefficient (Wildman–Crippen LogP) is 2.67. The Kier molecular flexibility index (Phi) is 4.68. The van der Waals surface area contributed by atoms with Crippen molar-refractivity contribution in [3.8, 4) is 0 Å². The zero-order chi connectivity index (χ0) is 12.5. The third-order valence-electron chi connectivity index (χ3n) is 3.19. The molecule has 0 bridgehead atoms. The van der Waals surface area contributed by atoms with Gasteiger partial charge in [-0.2, -0.15) is 0 Å². The number of fused-ring (bicyclic) bond motifs is 1. The lowest BCUT2D eigenvalue weighted by Crippen LogP contribution is -2.33. The van der Waals surface area contributed by atoms with Gasteiger partial charge in [-0.3, -0.25) is 4.98 Å². The quantitative estimate of drug-likeness (QED) is 0.898. The minimum atomic E-state index is -0.366. The Morgan fingerprint density at radius 1 is 1.22 bits per heavy atom. The van der Waals surface area contributed by atoms with Crippen molar-refractivity contribution in [2.75, 3.05) is 6.61 Å². The van der Waals surface area contributed by atoms with Gasteiger partial charge in [0.2, 0.25) is 0 Å². The summed E-state index contributed by atoms with van der Waals surface area (Å²) in [5.74, 6) is 0. The minimum absolute atomic E-state index is 0. The molecular formula is C14H19ClN2O. The van der Waals surface area contributed by atoms with E-state index in [0.29, 0.717) is 0 Å². The average Bonchev–Trinajstić information content (AvgIpc) is 2.37. The number of rotatable bonds is 3. The highest BCUT2D eigenvalue weighted by atomic mass is 35.5. The summed E-state index contributed by atoms with van der Waals surface area (Å²) in [4.78, 5) is 4.55. The number of aromatic nitrogens is 1. The van der Waals surface area contributed by atoms with Crippen molar-refractivity contribution in [1.82, 2.24) is 4.98 Å². The fourth-order valence-corrected chi connectivity index (χ4v) is 1.75. The highest BCUT2D eigenvalue weighted by molar-refractivity contribution is 5.85. The molecule has 0 unspecified atom stereocenters. The van der Waals surface area contributed by atoms with Gasteiger partial charge in [0.1, 0.15) is 0 Å². The summed E-state index contributed by atoms with van der Waals surface area (Å²) in [5.41, 5.74) is 7.55. The largest absolute Gasteiger partial charge is 0.396 e. The summed E-state index contributed by atoms with van der Waals surface area (Å²) in [6.07, 6.45) is 0. The lowest BCUT2D eigenvalue weighted by molar-refractivity contribution is 0.131. The molecule has 3 nitrogen and oxygen atoms in total. The van der Waals surface area contributed by atoms with Gasteiger partial charge in [-0.1, -0.05) is 38.1 Å². The molecule has 1 aromatic heterocycles. The molecule has 3 N–H and O–H groups in total. The third kappa shape index (κ3) is 2.80. The molecule has 0 aliphatic carbocycles. The molecular weight excluding hydrogens is 248 g/mol. The highest BCUT2D eigenvalue weighted by Crippen LogP contribution is 2.30. The van der Waals surface area contributed by atoms with Crippen LogP contribution in [-0.2, 0) is 0 Å². The lowest BCUT2D eigenvalue weighted by Gasteiger charge is -2.29. The van der Waals surface area contributed by atoms with Crippen LogP contribution < -0.4 is 5.73 Å². The maximum absolute atomic E-state index is 9.33. The number of aliphatic hydroxyl groups is 1. The van der Waals surface area contributed by atoms with Gasteiger partial charge in [0, 0.05) is 10.8 Å². The van der Waals surface area contributed by atoms with Crippen molar-refractivity contribution in [2.24, 2.45) is 11.1 Å². The Bertz CT molecular complexity index is 528. The van der Waals surface area contributed by atoms with Crippen molar-refractivity contribution < 1.29 is 5.11 Å². The smallest absolute Gasteiger partial charge is 0.0706 e. The SMILES string of the molecule is CC(C)(CO)[C@H](N)c1ccc2ccccc2n1.Cl. The summed E-state index contributed by atoms with van der Waals surface area (Å²) < 4.78 is 0. The summed E-state index contributed by atoms with van der Waals surface area (Å²) in [6, 6.07) is 11.6. The molecule has 0 fully saturated rings. The fraction of sp³-hybridized carbons (Fsp3) is 0.357. The molecule has 2 rings (SSSR count). The van der Waals surface area contributed by atoms with E-state index in [9.17, 15) is 5.11 Å². The number of hydrogen-bond donors (Lipinski definition) is 2. The van der Waals surface area contributed by atoms with Gasteiger partial charge in [-0.15, -0.1) is 12.4 Å². The van der Waals surface area contributed by atoms with Crippen LogP contribution in [0.5, 0.6) is 0 Å². The van der Waals surface area contributed by atoms with E-state index in [4.69, 9.17) is 5.73 Å². The monoisotopic (exact) mass is 266 g/mol. The van der Waals surface area contributed by atoms with E-state index >= 15 is 0 Å². The van der Waals surface area contributed by atoms with E-state index in [1.54, 1.807) is 0 Å². The fourth-order valence-electron chi connectivity index (χ4n) is 1.75. The first kappa shape index (κ1) is 14.9. The second-order valence-electron chi connectivity index (χ2n) is 5.05. The lowest BCUT2D eigenvalue weighted by atomic mass is 9.84. The number of pyridine rings is 1. The maximum atomic E-state index is 9.33. The van der Waals surface area contributed by atoms with Gasteiger partial charge < -0.3 is 10.8 Å². The number of para-hydroxylation sites is 1. The molecule has 0 aliphatic heterocycles. The number of benzene rings is 1. The average molecular weight is 267 g/mol. The van der Waals surface area contributed by atoms with Crippen molar-refractivity contribution in [3.05, 3.63) is 42.1 Å². The van der Waals surface area contributed by atoms with Crippen molar-refractivity contribution >= 4 is 23.3 Å². The number of halogens is 1. The van der Waals surface area contributed by atoms with Crippen LogP contribution in [-0.4, -0.2) is 16.7 Å². The molecule has 1 atom stereocenters. The molecule has 0 saturated carbocycles. The first-order chi connectivity index (χ1) is 8.04. The molecule has 0 aliphatic rings. The van der Waals surface area contributed by atoms with Gasteiger partial charge in [0.05, 0.1) is 23.9 Å². The van der Waals surface area contributed by atoms with E-state index in [1.165, 1.54) is 0 Å². The van der Waals surface area contributed by atoms with Crippen LogP contribution in [0.1, 0.15) is 25.6 Å². The maximum Gasteiger partial charge on any atom is 0.0706 e. The van der Waals surface area contributed by atoms with Crippen LogP contribution in [0, 0.1) is 5.41 Å². The molecule has 18 heavy (non-hydrogen) atoms. The normalized spacial score (nSPS) is 13.1. The number of nitrogens with zero attached hydrogens (tertiary/aromatic N) is 1. The standard InChI is InChI=1S/C14H18N2O.ClH/c1-14(2,9-17)13(15)12-8-7-10-5-3-4-6-11(10)16-12;/h3-8,13,17H,9,15H2,1-2H3;1H/t13-;/m1./s1. The predicted molar refractivity (Wildman–Crippen MR) is 76.8 cm³/mol. The van der Waals surface area contributed by atoms with Crippen LogP contribution in [0.4, 0.5) is 0 Å². The summed E-state index contributed by atoms with van der Waals surface area (Å²) in [7, 11) is 0. The Hall–Kier alpha value is -1.16. The topological polar surface area (TPSA) is 59.1 Å². The Balaban J connectivity index is 0.00000162. The molecule has 2 aromatic rings. The van der Waals surface area contributed by atoms with Gasteiger partial charge in [-0.05, 0) is 12.1 Å². The molecule has 98 valence electrons. The molecule has 0 spiro atoms. The number of hydrogen-bond acceptors (Lipinski definition) is 3. The Labute approximate surface area is 113 Å². The van der Waals surface area contributed by atoms with Crippen LogP contribution in [0.3, 0.4) is 0 Å². The van der Waals surface area contributed by atoms with E-state index in [2.05, 4.69) is 4.98 Å². The summed E-state index contributed by atoms with van der Waals surface area (Å²) in [6.45, 7) is 3.92. The van der Waals surface area contributed by atoms with Crippen molar-refractivity contribution in [2.45, 2.75) is 19.9 Å². The van der Waals surface area contributed by atoms with Crippen molar-refractivity contribution in [1.29, 1.82) is 0 Å². The van der Waals surface area contributed by atoms with E-state index < -0.39 is 0 Å². The highest BCUT2D eigenvalue weighted by Gasteiger charge is 2.27. The van der Waals surface area contributed by atoms with E-state index in [0.717, 1.165) is 16.6 Å². The van der Waals surface area contributed by atoms with Crippen LogP contribution in [0.15, 0.2) is 36.4 Å². The molecule has 0 radical (unpaired) electrons. The van der Waals surface area contributed by atoms with Crippen molar-refractivity contribution in [3.63, 3.8) is 0 Å². The van der Waals surface area contributed by atoms with Gasteiger partial charge in [0.25, 0.3) is 0 Å². The van der Waals surface area contributed by atoms with E-state index in [-0.39, 0.29) is 30.5 Å². The Morgan fingerprint density at radius 3 is 2.56 bits per heavy atom. The number of aliphatic hydroxyl groups excluding tert-OH is 1. The molecule has 1 heterocycles. The van der Waals surface area contributed by atoms with Crippen LogP contribution in [0.25, 0.3) is 10.9 Å². The van der Waals surface area contributed by atoms with Crippen LogP contribution in [0.2, 0.25) is 0 Å². The van der Waals surface area contributed by atoms with Gasteiger partial charge in [0.15, 0.2) is 0 Å². The zero-order valence-electron chi connectivity index (χ0n) is 10.6. The first-order valence-electron chi connectivity index (χ1n) is 5.77. The third-order valence-corrected chi connectivity index (χ3v) is 3.19. The van der Waals surface area contributed by atoms with Crippen LogP contribution >= 0.6 is 12.4 Å². The zero-order valence-corrected chi connectivity index (χ0v) is 11.4.